The van der Waals surface area contributed by atoms with Gasteiger partial charge in [-0.05, 0) is 283 Å². The van der Waals surface area contributed by atoms with Crippen LogP contribution in [0.1, 0.15) is 183 Å². The average Bonchev–Trinajstić information content (AvgIpc) is 3.45. The van der Waals surface area contributed by atoms with E-state index in [4.69, 9.17) is 0 Å². The third kappa shape index (κ3) is 73.4. The highest BCUT2D eigenvalue weighted by Crippen LogP contribution is 2.05. The molecule has 21 nitrogen and oxygen atoms in total. The van der Waals surface area contributed by atoms with E-state index in [2.05, 4.69) is 74.4 Å². The first-order chi connectivity index (χ1) is 40.0. The van der Waals surface area contributed by atoms with Gasteiger partial charge in [-0.1, -0.05) is 44.9 Å². The molecular weight excluding hydrogens is 1060 g/mol. The van der Waals surface area contributed by atoms with Gasteiger partial charge in [0.2, 0.25) is 0 Å². The van der Waals surface area contributed by atoms with Crippen molar-refractivity contribution in [3.8, 4) is 0 Å². The maximum absolute atomic E-state index is 11.0. The van der Waals surface area contributed by atoms with Gasteiger partial charge in [0.1, 0.15) is 40.5 Å². The number of hydrogen-bond acceptors (Lipinski definition) is 21. The van der Waals surface area contributed by atoms with Crippen LogP contribution in [0.4, 0.5) is 0 Å². The van der Waals surface area contributed by atoms with Crippen LogP contribution >= 0.6 is 0 Å². The summed E-state index contributed by atoms with van der Waals surface area (Å²) < 4.78 is 0. The predicted octanol–water partition coefficient (Wildman–Crippen LogP) is 3.87. The van der Waals surface area contributed by atoms with E-state index in [1.54, 1.807) is 48.5 Å². The summed E-state index contributed by atoms with van der Waals surface area (Å²) in [6.07, 6.45) is 22.4. The lowest BCUT2D eigenvalue weighted by molar-refractivity contribution is -0.119. The molecule has 0 aromatic carbocycles. The molecule has 21 heteroatoms. The van der Waals surface area contributed by atoms with Crippen LogP contribution in [0.25, 0.3) is 0 Å². The van der Waals surface area contributed by atoms with Crippen molar-refractivity contribution in [1.29, 1.82) is 0 Å². The normalized spacial score (nSPS) is 12.9. The van der Waals surface area contributed by atoms with Crippen LogP contribution in [-0.2, 0) is 33.6 Å². The lowest BCUT2D eigenvalue weighted by Gasteiger charge is -2.11. The standard InChI is InChI=1S/7C9H20N2O/c7*1-8(12)9(11-3)6-4-5-7-10-2/h7*9-11H,4-7H2,1-3H3/t7*9-/m1111111/s1. The van der Waals surface area contributed by atoms with E-state index in [0.29, 0.717) is 0 Å². The summed E-state index contributed by atoms with van der Waals surface area (Å²) in [5.74, 6) is 1.67. The van der Waals surface area contributed by atoms with Gasteiger partial charge in [0.15, 0.2) is 0 Å². The second kappa shape index (κ2) is 76.2. The fourth-order valence-corrected chi connectivity index (χ4v) is 8.41. The Morgan fingerprint density at radius 2 is 0.286 bits per heavy atom. The Labute approximate surface area is 516 Å². The summed E-state index contributed by atoms with van der Waals surface area (Å²) in [6, 6.07) is 0.401. The highest BCUT2D eigenvalue weighted by atomic mass is 16.2. The van der Waals surface area contributed by atoms with Crippen LogP contribution in [0.2, 0.25) is 0 Å². The monoisotopic (exact) mass is 1210 g/mol. The average molecular weight is 1210 g/mol. The number of carbonyl (C=O) groups is 7. The van der Waals surface area contributed by atoms with Gasteiger partial charge in [0, 0.05) is 0 Å². The van der Waals surface area contributed by atoms with E-state index >= 15 is 0 Å². The van der Waals surface area contributed by atoms with E-state index in [9.17, 15) is 33.6 Å². The molecule has 0 saturated heterocycles. The van der Waals surface area contributed by atoms with Crippen molar-refractivity contribution in [3.05, 3.63) is 0 Å². The molecule has 14 N–H and O–H groups in total. The summed E-state index contributed by atoms with van der Waals surface area (Å²) in [4.78, 5) is 76.7. The van der Waals surface area contributed by atoms with Crippen molar-refractivity contribution in [1.82, 2.24) is 74.4 Å². The van der Waals surface area contributed by atoms with Gasteiger partial charge >= 0.3 is 0 Å². The summed E-state index contributed by atoms with van der Waals surface area (Å²) >= 11 is 0. The zero-order valence-corrected chi connectivity index (χ0v) is 58.2. The third-order valence-corrected chi connectivity index (χ3v) is 14.1. The van der Waals surface area contributed by atoms with Crippen molar-refractivity contribution in [2.75, 3.05) is 144 Å². The molecule has 84 heavy (non-hydrogen) atoms. The van der Waals surface area contributed by atoms with Crippen LogP contribution < -0.4 is 74.4 Å². The SMILES string of the molecule is CNCCCC[C@@H](NC)C(C)=O.CNCCCC[C@@H](NC)C(C)=O.CNCCCC[C@@H](NC)C(C)=O.CNCCCC[C@@H](NC)C(C)=O.CNCCCC[C@@H](NC)C(C)=O.CNCCCC[C@@H](NC)C(C)=O.CNCCCC[C@@H](NC)C(C)=O. The largest absolute Gasteiger partial charge is 0.320 e. The molecule has 0 bridgehead atoms. The first-order valence-corrected chi connectivity index (χ1v) is 31.8. The molecule has 0 aliphatic rings. The molecule has 7 atom stereocenters. The number of ketones is 7. The molecule has 0 aromatic rings. The minimum absolute atomic E-state index is 0.0573. The van der Waals surface area contributed by atoms with Gasteiger partial charge in [-0.15, -0.1) is 0 Å². The smallest absolute Gasteiger partial charge is 0.146 e. The minimum Gasteiger partial charge on any atom is -0.320 e. The zero-order valence-electron chi connectivity index (χ0n) is 58.2. The van der Waals surface area contributed by atoms with Gasteiger partial charge in [-0.2, -0.15) is 0 Å². The molecule has 0 fully saturated rings. The Kier molecular flexibility index (Phi) is 86.0. The molecule has 0 aromatic heterocycles. The Bertz CT molecular complexity index is 1170. The van der Waals surface area contributed by atoms with Gasteiger partial charge in [0.05, 0.1) is 42.3 Å². The molecule has 0 saturated carbocycles. The molecule has 0 unspecified atom stereocenters. The summed E-state index contributed by atoms with van der Waals surface area (Å²) in [6.45, 7) is 18.7. The lowest BCUT2D eigenvalue weighted by atomic mass is 10.1. The Balaban J connectivity index is -0.000000165. The third-order valence-electron chi connectivity index (χ3n) is 14.1. The van der Waals surface area contributed by atoms with Gasteiger partial charge < -0.3 is 74.4 Å². The molecule has 0 amide bonds. The van der Waals surface area contributed by atoms with Gasteiger partial charge in [-0.25, -0.2) is 0 Å². The fourth-order valence-electron chi connectivity index (χ4n) is 8.41. The van der Waals surface area contributed by atoms with Crippen LogP contribution in [0, 0.1) is 0 Å². The number of hydrogen-bond donors (Lipinski definition) is 14. The maximum Gasteiger partial charge on any atom is 0.146 e. The topological polar surface area (TPSA) is 288 Å². The highest BCUT2D eigenvalue weighted by molar-refractivity contribution is 5.83. The van der Waals surface area contributed by atoms with Crippen molar-refractivity contribution in [2.45, 2.75) is 226 Å². The first kappa shape index (κ1) is 94.8. The number of unbranched alkanes of at least 4 members (excludes halogenated alkanes) is 7. The summed E-state index contributed by atoms with van der Waals surface area (Å²) in [5.41, 5.74) is 0. The number of nitrogens with one attached hydrogen (secondary N) is 14. The van der Waals surface area contributed by atoms with E-state index in [1.807, 2.05) is 98.7 Å². The van der Waals surface area contributed by atoms with E-state index in [0.717, 1.165) is 181 Å². The van der Waals surface area contributed by atoms with Crippen LogP contribution in [0.15, 0.2) is 0 Å². The predicted molar refractivity (Wildman–Crippen MR) is 359 cm³/mol. The maximum atomic E-state index is 11.0. The first-order valence-electron chi connectivity index (χ1n) is 31.8. The number of likely N-dealkylation sites (N-methyl/N-ethyl adjacent to an activating group) is 7. The zero-order chi connectivity index (χ0) is 65.8. The molecule has 0 heterocycles. The van der Waals surface area contributed by atoms with Crippen molar-refractivity contribution < 1.29 is 33.6 Å². The van der Waals surface area contributed by atoms with Crippen LogP contribution in [0.3, 0.4) is 0 Å². The Hall–Kier alpha value is -2.87. The fraction of sp³-hybridized carbons (Fsp3) is 0.889. The quantitative estimate of drug-likeness (QED) is 0.0385. The number of carbonyl (C=O) groups excluding carboxylic acids is 7. The molecule has 0 spiro atoms. The second-order valence-electron chi connectivity index (χ2n) is 21.4. The Morgan fingerprint density at radius 3 is 0.345 bits per heavy atom. The Morgan fingerprint density at radius 1 is 0.190 bits per heavy atom. The molecule has 0 rings (SSSR count). The lowest BCUT2D eigenvalue weighted by Crippen LogP contribution is -2.32. The van der Waals surface area contributed by atoms with Crippen molar-refractivity contribution in [2.24, 2.45) is 0 Å². The number of rotatable bonds is 49. The number of Topliss-reactive ketones (excluding diaryl/α,β-unsaturated/α-hetero) is 7. The molecule has 0 radical (unpaired) electrons. The van der Waals surface area contributed by atoms with E-state index < -0.39 is 0 Å². The van der Waals surface area contributed by atoms with E-state index in [-0.39, 0.29) is 82.8 Å². The second-order valence-corrected chi connectivity index (χ2v) is 21.4. The van der Waals surface area contributed by atoms with Crippen LogP contribution in [-0.4, -0.2) is 227 Å². The van der Waals surface area contributed by atoms with Gasteiger partial charge in [0.25, 0.3) is 0 Å². The highest BCUT2D eigenvalue weighted by Gasteiger charge is 2.14. The van der Waals surface area contributed by atoms with E-state index in [1.165, 1.54) is 0 Å². The van der Waals surface area contributed by atoms with Crippen molar-refractivity contribution >= 4 is 40.5 Å². The van der Waals surface area contributed by atoms with Crippen LogP contribution in [0.5, 0.6) is 0 Å². The molecule has 0 aliphatic carbocycles. The minimum atomic E-state index is 0.0573. The van der Waals surface area contributed by atoms with Gasteiger partial charge in [-0.3, -0.25) is 33.6 Å². The molecule has 0 aliphatic heterocycles. The van der Waals surface area contributed by atoms with Crippen molar-refractivity contribution in [3.63, 3.8) is 0 Å². The summed E-state index contributed by atoms with van der Waals surface area (Å²) in [5, 5.41) is 42.6. The molecular formula is C63H140N14O7. The summed E-state index contributed by atoms with van der Waals surface area (Å²) in [7, 11) is 26.5. The molecule has 504 valence electrons.